The number of phenols is 1. The molecule has 3 rings (SSSR count). The van der Waals surface area contributed by atoms with Crippen LogP contribution in [0.15, 0.2) is 36.5 Å². The normalized spacial score (nSPS) is 19.0. The van der Waals surface area contributed by atoms with E-state index >= 15 is 0 Å². The van der Waals surface area contributed by atoms with Crippen LogP contribution in [-0.2, 0) is 0 Å². The van der Waals surface area contributed by atoms with Gasteiger partial charge in [0.05, 0.1) is 5.69 Å². The summed E-state index contributed by atoms with van der Waals surface area (Å²) >= 11 is 0. The Balaban J connectivity index is 1.76. The predicted octanol–water partition coefficient (Wildman–Crippen LogP) is 3.52. The van der Waals surface area contributed by atoms with Gasteiger partial charge in [-0.05, 0) is 70.4 Å². The number of phenolic OH excluding ortho intramolecular Hbond substituents is 1. The maximum Gasteiger partial charge on any atom is 0.148 e. The second-order valence-electron chi connectivity index (χ2n) is 8.94. The second-order valence-corrected chi connectivity index (χ2v) is 8.94. The third-order valence-corrected chi connectivity index (χ3v) is 5.15. The first-order valence-electron chi connectivity index (χ1n) is 9.78. The monoisotopic (exact) mass is 394 g/mol. The molecule has 2 heterocycles. The lowest BCUT2D eigenvalue weighted by Crippen LogP contribution is -2.60. The molecule has 0 radical (unpaired) electrons. The summed E-state index contributed by atoms with van der Waals surface area (Å²) in [5.74, 6) is 0.793. The maximum absolute atomic E-state index is 10.4. The minimum atomic E-state index is 0.0492. The topological polar surface area (TPSA) is 120 Å². The standard InChI is InChI=1S/C22H30N6O/c1-21(2)10-16(11-22(3,4)28-21)25-20-8-7-18(26-27-20)17-6-5-14(9-19(17)29)15(12-23)13-24/h5-9,12-13,16,23,28-29H,10-11,24H2,1-4H3,(H,25,27)/b15-13+,23-12?. The van der Waals surface area contributed by atoms with Crippen LogP contribution in [0.4, 0.5) is 5.82 Å². The Bertz CT molecular complexity index is 901. The highest BCUT2D eigenvalue weighted by Gasteiger charge is 2.37. The molecular formula is C22H30N6O. The van der Waals surface area contributed by atoms with Crippen molar-refractivity contribution < 1.29 is 5.11 Å². The molecule has 0 atom stereocenters. The highest BCUT2D eigenvalue weighted by Crippen LogP contribution is 2.32. The average molecular weight is 395 g/mol. The fourth-order valence-electron chi connectivity index (χ4n) is 4.34. The van der Waals surface area contributed by atoms with Gasteiger partial charge in [-0.25, -0.2) is 0 Å². The lowest BCUT2D eigenvalue weighted by atomic mass is 9.79. The summed E-state index contributed by atoms with van der Waals surface area (Å²) in [6, 6.07) is 9.17. The number of rotatable bonds is 5. The summed E-state index contributed by atoms with van der Waals surface area (Å²) in [5, 5.41) is 33.6. The lowest BCUT2D eigenvalue weighted by Gasteiger charge is -2.46. The molecule has 1 aliphatic rings. The summed E-state index contributed by atoms with van der Waals surface area (Å²) in [6.45, 7) is 8.86. The number of allylic oxidation sites excluding steroid dienone is 1. The van der Waals surface area contributed by atoms with E-state index < -0.39 is 0 Å². The van der Waals surface area contributed by atoms with Crippen LogP contribution in [0, 0.1) is 5.41 Å². The number of piperidine rings is 1. The van der Waals surface area contributed by atoms with Crippen molar-refractivity contribution in [2.75, 3.05) is 5.32 Å². The van der Waals surface area contributed by atoms with E-state index in [0.29, 0.717) is 28.4 Å². The van der Waals surface area contributed by atoms with Crippen LogP contribution in [0.2, 0.25) is 0 Å². The number of benzene rings is 1. The smallest absolute Gasteiger partial charge is 0.148 e. The van der Waals surface area contributed by atoms with Crippen molar-refractivity contribution in [3.63, 3.8) is 0 Å². The first-order chi connectivity index (χ1) is 13.6. The van der Waals surface area contributed by atoms with Crippen LogP contribution in [0.25, 0.3) is 16.8 Å². The number of nitrogens with zero attached hydrogens (tertiary/aromatic N) is 2. The fraction of sp³-hybridized carbons (Fsp3) is 0.409. The van der Waals surface area contributed by atoms with Crippen molar-refractivity contribution in [3.8, 4) is 17.0 Å². The van der Waals surface area contributed by atoms with Gasteiger partial charge in [-0.1, -0.05) is 6.07 Å². The summed E-state index contributed by atoms with van der Waals surface area (Å²) in [5.41, 5.74) is 7.98. The zero-order valence-corrected chi connectivity index (χ0v) is 17.5. The SMILES string of the molecule is CC1(C)CC(Nc2ccc(-c3ccc(/C(C=N)=C/N)cc3O)nn2)CC(C)(C)N1. The van der Waals surface area contributed by atoms with Gasteiger partial charge in [0.2, 0.25) is 0 Å². The molecule has 1 fully saturated rings. The van der Waals surface area contributed by atoms with Gasteiger partial charge in [-0.15, -0.1) is 10.2 Å². The van der Waals surface area contributed by atoms with Gasteiger partial charge in [0.25, 0.3) is 0 Å². The van der Waals surface area contributed by atoms with Crippen molar-refractivity contribution in [2.24, 2.45) is 5.73 Å². The van der Waals surface area contributed by atoms with Crippen LogP contribution >= 0.6 is 0 Å². The molecule has 29 heavy (non-hydrogen) atoms. The number of nitrogens with one attached hydrogen (secondary N) is 3. The molecule has 1 aromatic heterocycles. The number of aromatic nitrogens is 2. The number of nitrogens with two attached hydrogens (primary N) is 1. The molecule has 2 aromatic rings. The van der Waals surface area contributed by atoms with E-state index in [4.69, 9.17) is 11.1 Å². The lowest BCUT2D eigenvalue weighted by molar-refractivity contribution is 0.170. The summed E-state index contributed by atoms with van der Waals surface area (Å²) in [7, 11) is 0. The van der Waals surface area contributed by atoms with Crippen LogP contribution in [-0.4, -0.2) is 38.6 Å². The zero-order valence-electron chi connectivity index (χ0n) is 17.5. The van der Waals surface area contributed by atoms with Gasteiger partial charge >= 0.3 is 0 Å². The quantitative estimate of drug-likeness (QED) is 0.495. The summed E-state index contributed by atoms with van der Waals surface area (Å²) in [6.07, 6.45) is 4.47. The van der Waals surface area contributed by atoms with Gasteiger partial charge in [0, 0.05) is 40.7 Å². The third kappa shape index (κ3) is 4.92. The minimum absolute atomic E-state index is 0.0492. The molecule has 6 N–H and O–H groups in total. The molecule has 0 saturated carbocycles. The predicted molar refractivity (Wildman–Crippen MR) is 118 cm³/mol. The summed E-state index contributed by atoms with van der Waals surface area (Å²) in [4.78, 5) is 0. The van der Waals surface area contributed by atoms with Crippen LogP contribution in [0.1, 0.15) is 46.1 Å². The Morgan fingerprint density at radius 2 is 1.86 bits per heavy atom. The van der Waals surface area contributed by atoms with E-state index in [1.165, 1.54) is 6.20 Å². The molecular weight excluding hydrogens is 364 g/mol. The zero-order chi connectivity index (χ0) is 21.2. The number of hydrogen-bond acceptors (Lipinski definition) is 7. The van der Waals surface area contributed by atoms with Crippen molar-refractivity contribution in [3.05, 3.63) is 42.1 Å². The fourth-order valence-corrected chi connectivity index (χ4v) is 4.34. The van der Waals surface area contributed by atoms with Crippen LogP contribution in [0.5, 0.6) is 5.75 Å². The molecule has 0 amide bonds. The minimum Gasteiger partial charge on any atom is -0.507 e. The Hall–Kier alpha value is -2.93. The number of anilines is 1. The Morgan fingerprint density at radius 3 is 2.38 bits per heavy atom. The maximum atomic E-state index is 10.4. The molecule has 0 unspecified atom stereocenters. The van der Waals surface area contributed by atoms with Gasteiger partial charge in [0.1, 0.15) is 11.6 Å². The van der Waals surface area contributed by atoms with Crippen molar-refractivity contribution in [2.45, 2.75) is 57.7 Å². The van der Waals surface area contributed by atoms with Gasteiger partial charge < -0.3 is 26.9 Å². The van der Waals surface area contributed by atoms with Gasteiger partial charge in [0.15, 0.2) is 0 Å². The highest BCUT2D eigenvalue weighted by molar-refractivity contribution is 6.08. The van der Waals surface area contributed by atoms with Crippen molar-refractivity contribution >= 4 is 17.6 Å². The molecule has 7 nitrogen and oxygen atoms in total. The Labute approximate surface area is 171 Å². The third-order valence-electron chi connectivity index (χ3n) is 5.15. The molecule has 1 aliphatic heterocycles. The van der Waals surface area contributed by atoms with E-state index in [1.807, 2.05) is 12.1 Å². The van der Waals surface area contributed by atoms with E-state index in [9.17, 15) is 5.11 Å². The first kappa shape index (κ1) is 20.8. The van der Waals surface area contributed by atoms with Gasteiger partial charge in [-0.2, -0.15) is 0 Å². The summed E-state index contributed by atoms with van der Waals surface area (Å²) < 4.78 is 0. The largest absolute Gasteiger partial charge is 0.507 e. The molecule has 1 aromatic carbocycles. The van der Waals surface area contributed by atoms with E-state index in [1.54, 1.807) is 18.2 Å². The van der Waals surface area contributed by atoms with Crippen LogP contribution < -0.4 is 16.4 Å². The number of aromatic hydroxyl groups is 1. The molecule has 154 valence electrons. The Kier molecular flexibility index (Phi) is 5.61. The highest BCUT2D eigenvalue weighted by atomic mass is 16.3. The van der Waals surface area contributed by atoms with Crippen LogP contribution in [0.3, 0.4) is 0 Å². The van der Waals surface area contributed by atoms with Crippen molar-refractivity contribution in [1.29, 1.82) is 5.41 Å². The van der Waals surface area contributed by atoms with E-state index in [0.717, 1.165) is 24.9 Å². The molecule has 0 bridgehead atoms. The number of hydrogen-bond donors (Lipinski definition) is 5. The van der Waals surface area contributed by atoms with E-state index in [-0.39, 0.29) is 16.8 Å². The van der Waals surface area contributed by atoms with Crippen molar-refractivity contribution in [1.82, 2.24) is 15.5 Å². The second kappa shape index (κ2) is 7.83. The Morgan fingerprint density at radius 1 is 1.17 bits per heavy atom. The molecule has 0 spiro atoms. The molecule has 7 heteroatoms. The van der Waals surface area contributed by atoms with E-state index in [2.05, 4.69) is 48.5 Å². The average Bonchev–Trinajstić information content (AvgIpc) is 2.61. The van der Waals surface area contributed by atoms with Gasteiger partial charge in [-0.3, -0.25) is 0 Å². The molecule has 0 aliphatic carbocycles. The molecule has 1 saturated heterocycles. The first-order valence-corrected chi connectivity index (χ1v) is 9.78.